The molecule has 0 amide bonds. The van der Waals surface area contributed by atoms with Crippen molar-refractivity contribution in [2.75, 3.05) is 0 Å². The summed E-state index contributed by atoms with van der Waals surface area (Å²) in [6, 6.07) is 0. The van der Waals surface area contributed by atoms with E-state index in [0.717, 1.165) is 25.7 Å². The van der Waals surface area contributed by atoms with Gasteiger partial charge in [0.15, 0.2) is 4.58 Å². The van der Waals surface area contributed by atoms with Gasteiger partial charge in [-0.3, -0.25) is 0 Å². The lowest BCUT2D eigenvalue weighted by atomic mass is 9.92. The molecule has 3 heteroatoms. The Morgan fingerprint density at radius 2 is 1.57 bits per heavy atom. The van der Waals surface area contributed by atoms with Gasteiger partial charge in [0.05, 0.1) is 0 Å². The fraction of sp³-hybridized carbons (Fsp3) is 1.00. The first-order valence-electron chi connectivity index (χ1n) is 5.58. The van der Waals surface area contributed by atoms with Crippen LogP contribution in [-0.4, -0.2) is 9.96 Å². The zero-order chi connectivity index (χ0) is 10.0. The van der Waals surface area contributed by atoms with Gasteiger partial charge >= 0.3 is 0 Å². The summed E-state index contributed by atoms with van der Waals surface area (Å²) in [4.78, 5) is 0. The Labute approximate surface area is 97.7 Å². The smallest absolute Gasteiger partial charge is 0.177 e. The molecule has 3 aliphatic carbocycles. The van der Waals surface area contributed by atoms with E-state index in [4.69, 9.17) is 11.6 Å². The van der Waals surface area contributed by atoms with E-state index >= 15 is 0 Å². The van der Waals surface area contributed by atoms with Crippen molar-refractivity contribution in [3.8, 4) is 0 Å². The maximum atomic E-state index is 14.5. The molecule has 4 atom stereocenters. The molecule has 3 saturated carbocycles. The molecule has 0 nitrogen and oxygen atoms in total. The lowest BCUT2D eigenvalue weighted by Crippen LogP contribution is -2.16. The van der Waals surface area contributed by atoms with Gasteiger partial charge in [-0.05, 0) is 41.6 Å². The van der Waals surface area contributed by atoms with E-state index in [1.54, 1.807) is 0 Å². The van der Waals surface area contributed by atoms with Gasteiger partial charge in [-0.25, -0.2) is 4.39 Å². The Morgan fingerprint density at radius 3 is 2.07 bits per heavy atom. The highest BCUT2D eigenvalue weighted by atomic mass is 79.9. The lowest BCUT2D eigenvalue weighted by molar-refractivity contribution is 0.274. The summed E-state index contributed by atoms with van der Waals surface area (Å²) in [6.07, 6.45) is 7.49. The molecule has 0 spiro atoms. The molecule has 0 N–H and O–H groups in total. The summed E-state index contributed by atoms with van der Waals surface area (Å²) in [5.41, 5.74) is -0.189. The second kappa shape index (κ2) is 2.68. The molecule has 0 aromatic heterocycles. The second-order valence-corrected chi connectivity index (χ2v) is 7.01. The minimum absolute atomic E-state index is 0.0943. The highest BCUT2D eigenvalue weighted by molar-refractivity contribution is 9.10. The maximum absolute atomic E-state index is 14.5. The van der Waals surface area contributed by atoms with Gasteiger partial charge < -0.3 is 0 Å². The SMILES string of the molecule is FC1(Br)[C@@]23CCCCC[C@@]12CC(Cl)C3. The van der Waals surface area contributed by atoms with Crippen LogP contribution in [0, 0.1) is 10.8 Å². The summed E-state index contributed by atoms with van der Waals surface area (Å²) < 4.78 is 13.4. The summed E-state index contributed by atoms with van der Waals surface area (Å²) in [5.74, 6) is 0. The first kappa shape index (κ1) is 9.89. The highest BCUT2D eigenvalue weighted by Crippen LogP contribution is 2.88. The molecule has 0 radical (unpaired) electrons. The second-order valence-electron chi connectivity index (χ2n) is 5.30. The highest BCUT2D eigenvalue weighted by Gasteiger charge is 2.89. The zero-order valence-corrected chi connectivity index (χ0v) is 10.5. The normalized spacial score (nSPS) is 61.5. The van der Waals surface area contributed by atoms with Crippen LogP contribution in [0.4, 0.5) is 4.39 Å². The van der Waals surface area contributed by atoms with Crippen molar-refractivity contribution in [3.63, 3.8) is 0 Å². The number of hydrogen-bond donors (Lipinski definition) is 0. The fourth-order valence-electron chi connectivity index (χ4n) is 4.24. The predicted octanol–water partition coefficient (Wildman–Crippen LogP) is 4.40. The van der Waals surface area contributed by atoms with Crippen LogP contribution in [0.25, 0.3) is 0 Å². The molecular weight excluding hydrogens is 266 g/mol. The molecule has 3 aliphatic rings. The Balaban J connectivity index is 2.00. The van der Waals surface area contributed by atoms with Crippen molar-refractivity contribution in [3.05, 3.63) is 0 Å². The third-order valence-electron chi connectivity index (χ3n) is 4.90. The van der Waals surface area contributed by atoms with E-state index in [1.807, 2.05) is 0 Å². The average Bonchev–Trinajstić information content (AvgIpc) is 2.35. The van der Waals surface area contributed by atoms with Gasteiger partial charge in [0, 0.05) is 16.2 Å². The van der Waals surface area contributed by atoms with E-state index in [1.165, 1.54) is 19.3 Å². The molecule has 14 heavy (non-hydrogen) atoms. The van der Waals surface area contributed by atoms with Gasteiger partial charge in [-0.1, -0.05) is 19.3 Å². The molecule has 0 aliphatic heterocycles. The van der Waals surface area contributed by atoms with Crippen molar-refractivity contribution >= 4 is 27.5 Å². The van der Waals surface area contributed by atoms with Gasteiger partial charge in [0.1, 0.15) is 0 Å². The Hall–Kier alpha value is 0.700. The molecule has 2 unspecified atom stereocenters. The number of alkyl halides is 3. The van der Waals surface area contributed by atoms with Crippen molar-refractivity contribution in [1.29, 1.82) is 0 Å². The number of rotatable bonds is 0. The summed E-state index contributed by atoms with van der Waals surface area (Å²) in [5, 5.41) is 0.217. The largest absolute Gasteiger partial charge is 0.230 e. The number of halogens is 3. The van der Waals surface area contributed by atoms with Crippen molar-refractivity contribution < 1.29 is 4.39 Å². The van der Waals surface area contributed by atoms with E-state index in [2.05, 4.69) is 15.9 Å². The third-order valence-corrected chi connectivity index (χ3v) is 6.73. The van der Waals surface area contributed by atoms with Gasteiger partial charge in [-0.15, -0.1) is 11.6 Å². The van der Waals surface area contributed by atoms with Crippen LogP contribution in [0.1, 0.15) is 44.9 Å². The van der Waals surface area contributed by atoms with E-state index < -0.39 is 4.58 Å². The molecule has 0 heterocycles. The standard InChI is InChI=1S/C11H15BrClF/c12-11(14)9-4-2-1-3-5-10(9,11)7-8(13)6-9/h8H,1-7H2/t8?,9-,10+,11?. The van der Waals surface area contributed by atoms with E-state index in [-0.39, 0.29) is 16.2 Å². The van der Waals surface area contributed by atoms with Crippen LogP contribution < -0.4 is 0 Å². The topological polar surface area (TPSA) is 0 Å². The number of hydrogen-bond acceptors (Lipinski definition) is 0. The van der Waals surface area contributed by atoms with E-state index in [0.29, 0.717) is 0 Å². The molecule has 3 rings (SSSR count). The van der Waals surface area contributed by atoms with Crippen LogP contribution in [0.2, 0.25) is 0 Å². The van der Waals surface area contributed by atoms with Crippen LogP contribution in [0.5, 0.6) is 0 Å². The Bertz CT molecular complexity index is 256. The monoisotopic (exact) mass is 280 g/mol. The third kappa shape index (κ3) is 0.832. The Morgan fingerprint density at radius 1 is 1.07 bits per heavy atom. The minimum atomic E-state index is -1.08. The van der Waals surface area contributed by atoms with Crippen LogP contribution in [0.15, 0.2) is 0 Å². The van der Waals surface area contributed by atoms with Crippen molar-refractivity contribution in [1.82, 2.24) is 0 Å². The molecule has 0 aromatic carbocycles. The van der Waals surface area contributed by atoms with Crippen LogP contribution in [0.3, 0.4) is 0 Å². The Kier molecular flexibility index (Phi) is 1.90. The molecule has 0 aromatic rings. The first-order valence-corrected chi connectivity index (χ1v) is 6.81. The quantitative estimate of drug-likeness (QED) is 0.577. The van der Waals surface area contributed by atoms with Crippen molar-refractivity contribution in [2.45, 2.75) is 54.9 Å². The van der Waals surface area contributed by atoms with Gasteiger partial charge in [-0.2, -0.15) is 0 Å². The van der Waals surface area contributed by atoms with E-state index in [9.17, 15) is 4.39 Å². The molecule has 3 fully saturated rings. The lowest BCUT2D eigenvalue weighted by Gasteiger charge is -2.18. The first-order chi connectivity index (χ1) is 6.56. The van der Waals surface area contributed by atoms with Crippen LogP contribution in [-0.2, 0) is 0 Å². The van der Waals surface area contributed by atoms with Crippen LogP contribution >= 0.6 is 27.5 Å². The molecular formula is C11H15BrClF. The summed E-state index contributed by atoms with van der Waals surface area (Å²) in [7, 11) is 0. The molecule has 80 valence electrons. The maximum Gasteiger partial charge on any atom is 0.177 e. The van der Waals surface area contributed by atoms with Crippen molar-refractivity contribution in [2.24, 2.45) is 10.8 Å². The predicted molar refractivity (Wildman–Crippen MR) is 59.6 cm³/mol. The summed E-state index contributed by atoms with van der Waals surface area (Å²) >= 11 is 9.54. The molecule has 0 saturated heterocycles. The van der Waals surface area contributed by atoms with Gasteiger partial charge in [0.25, 0.3) is 0 Å². The average molecular weight is 282 g/mol. The summed E-state index contributed by atoms with van der Waals surface area (Å²) in [6.45, 7) is 0. The van der Waals surface area contributed by atoms with Gasteiger partial charge in [0.2, 0.25) is 0 Å². The molecule has 0 bridgehead atoms. The zero-order valence-electron chi connectivity index (χ0n) is 8.16. The minimum Gasteiger partial charge on any atom is -0.230 e. The fourth-order valence-corrected chi connectivity index (χ4v) is 6.15.